The van der Waals surface area contributed by atoms with Crippen LogP contribution in [0.1, 0.15) is 0 Å². The third kappa shape index (κ3) is 9.22. The van der Waals surface area contributed by atoms with Crippen molar-refractivity contribution in [3.8, 4) is 0 Å². The predicted molar refractivity (Wildman–Crippen MR) is 45.9 cm³/mol. The van der Waals surface area contributed by atoms with Gasteiger partial charge >= 0.3 is 0 Å². The Morgan fingerprint density at radius 3 is 2.85 bits per heavy atom. The minimum absolute atomic E-state index is 0.00316. The van der Waals surface area contributed by atoms with Crippen molar-refractivity contribution in [2.45, 2.75) is 0 Å². The fourth-order valence-electron chi connectivity index (χ4n) is 0.618. The van der Waals surface area contributed by atoms with Gasteiger partial charge in [-0.2, -0.15) is 0 Å². The fourth-order valence-corrected chi connectivity index (χ4v) is 0.618. The van der Waals surface area contributed by atoms with Crippen molar-refractivity contribution in [2.75, 3.05) is 40.0 Å². The van der Waals surface area contributed by atoms with Crippen LogP contribution in [0.3, 0.4) is 0 Å². The molecule has 0 radical (unpaired) electrons. The average Bonchev–Trinajstić information content (AvgIpc) is 2.14. The molecule has 0 aromatic rings. The zero-order valence-corrected chi connectivity index (χ0v) is 7.71. The first kappa shape index (κ1) is 12.3. The number of rotatable bonds is 8. The van der Waals surface area contributed by atoms with E-state index in [0.29, 0.717) is 19.8 Å². The molecule has 0 saturated heterocycles. The second-order valence-corrected chi connectivity index (χ2v) is 2.18. The monoisotopic (exact) mass is 192 g/mol. The van der Waals surface area contributed by atoms with E-state index in [1.165, 1.54) is 0 Å². The number of carbonyl (C=O) groups is 1. The minimum Gasteiger partial charge on any atom is -0.394 e. The Balaban J connectivity index is 3.08. The van der Waals surface area contributed by atoms with Gasteiger partial charge in [-0.1, -0.05) is 0 Å². The quantitative estimate of drug-likeness (QED) is 0.314. The molecule has 0 spiro atoms. The van der Waals surface area contributed by atoms with Gasteiger partial charge in [-0.05, 0) is 0 Å². The fraction of sp³-hybridized carbons (Fsp3) is 0.857. The standard InChI is InChI=1S/C7H16N2O4/c1-8-13-6-7(11)9-2-4-12-5-3-10/h8,10H,2-6H2,1H3,(H,9,11). The number of hydroxylamine groups is 1. The molecule has 0 aliphatic heterocycles. The number of amides is 1. The van der Waals surface area contributed by atoms with Crippen molar-refractivity contribution in [1.82, 2.24) is 10.8 Å². The van der Waals surface area contributed by atoms with Crippen molar-refractivity contribution in [3.05, 3.63) is 0 Å². The predicted octanol–water partition coefficient (Wildman–Crippen LogP) is -1.74. The van der Waals surface area contributed by atoms with E-state index in [-0.39, 0.29) is 19.1 Å². The van der Waals surface area contributed by atoms with Crippen LogP contribution in [0.4, 0.5) is 0 Å². The van der Waals surface area contributed by atoms with Crippen LogP contribution in [0.15, 0.2) is 0 Å². The third-order valence-electron chi connectivity index (χ3n) is 1.15. The normalized spacial score (nSPS) is 10.0. The number of hydrogen-bond acceptors (Lipinski definition) is 5. The average molecular weight is 192 g/mol. The number of aliphatic hydroxyl groups excluding tert-OH is 1. The molecule has 0 heterocycles. The molecule has 13 heavy (non-hydrogen) atoms. The molecule has 0 aliphatic carbocycles. The summed E-state index contributed by atoms with van der Waals surface area (Å²) < 4.78 is 4.92. The number of nitrogens with one attached hydrogen (secondary N) is 2. The highest BCUT2D eigenvalue weighted by Gasteiger charge is 1.98. The van der Waals surface area contributed by atoms with Crippen LogP contribution in [0.25, 0.3) is 0 Å². The Kier molecular flexibility index (Phi) is 8.90. The van der Waals surface area contributed by atoms with Gasteiger partial charge < -0.3 is 15.2 Å². The lowest BCUT2D eigenvalue weighted by Gasteiger charge is -2.05. The van der Waals surface area contributed by atoms with E-state index in [1.54, 1.807) is 7.05 Å². The molecule has 0 rings (SSSR count). The van der Waals surface area contributed by atoms with Crippen LogP contribution in [0.2, 0.25) is 0 Å². The molecule has 78 valence electrons. The number of carbonyl (C=O) groups excluding carboxylic acids is 1. The summed E-state index contributed by atoms with van der Waals surface area (Å²) in [6.07, 6.45) is 0. The van der Waals surface area contributed by atoms with Crippen molar-refractivity contribution in [1.29, 1.82) is 0 Å². The maximum Gasteiger partial charge on any atom is 0.248 e. The SMILES string of the molecule is CNOCC(=O)NCCOCCO. The molecule has 0 saturated carbocycles. The summed E-state index contributed by atoms with van der Waals surface area (Å²) in [7, 11) is 1.58. The highest BCUT2D eigenvalue weighted by atomic mass is 16.6. The molecule has 6 heteroatoms. The molecule has 0 aliphatic rings. The Hall–Kier alpha value is -0.690. The summed E-state index contributed by atoms with van der Waals surface area (Å²) in [6.45, 7) is 1.09. The second-order valence-electron chi connectivity index (χ2n) is 2.18. The summed E-state index contributed by atoms with van der Waals surface area (Å²) in [5, 5.41) is 10.9. The van der Waals surface area contributed by atoms with E-state index in [1.807, 2.05) is 0 Å². The van der Waals surface area contributed by atoms with Gasteiger partial charge in [0.25, 0.3) is 0 Å². The van der Waals surface area contributed by atoms with E-state index in [9.17, 15) is 4.79 Å². The molecule has 0 aromatic heterocycles. The molecule has 1 amide bonds. The van der Waals surface area contributed by atoms with Gasteiger partial charge in [0, 0.05) is 13.6 Å². The highest BCUT2D eigenvalue weighted by Crippen LogP contribution is 1.73. The lowest BCUT2D eigenvalue weighted by Crippen LogP contribution is -2.32. The molecule has 3 N–H and O–H groups in total. The summed E-state index contributed by atoms with van der Waals surface area (Å²) in [5.74, 6) is -0.207. The molecule has 0 bridgehead atoms. The van der Waals surface area contributed by atoms with Gasteiger partial charge in [0.05, 0.1) is 19.8 Å². The van der Waals surface area contributed by atoms with Crippen LogP contribution < -0.4 is 10.8 Å². The maximum atomic E-state index is 10.9. The summed E-state index contributed by atoms with van der Waals surface area (Å²) in [6, 6.07) is 0. The van der Waals surface area contributed by atoms with Gasteiger partial charge in [0.15, 0.2) is 0 Å². The molecule has 0 atom stereocenters. The Morgan fingerprint density at radius 1 is 1.46 bits per heavy atom. The van der Waals surface area contributed by atoms with Crippen LogP contribution in [-0.4, -0.2) is 51.0 Å². The van der Waals surface area contributed by atoms with E-state index < -0.39 is 0 Å². The molecule has 6 nitrogen and oxygen atoms in total. The number of aliphatic hydroxyl groups is 1. The zero-order valence-electron chi connectivity index (χ0n) is 7.71. The van der Waals surface area contributed by atoms with Gasteiger partial charge in [-0.3, -0.25) is 9.63 Å². The summed E-state index contributed by atoms with van der Waals surface area (Å²) >= 11 is 0. The Morgan fingerprint density at radius 2 is 2.23 bits per heavy atom. The van der Waals surface area contributed by atoms with Crippen LogP contribution in [-0.2, 0) is 14.4 Å². The molecular formula is C7H16N2O4. The summed E-state index contributed by atoms with van der Waals surface area (Å²) in [5.41, 5.74) is 2.38. The summed E-state index contributed by atoms with van der Waals surface area (Å²) in [4.78, 5) is 15.5. The zero-order chi connectivity index (χ0) is 9.94. The lowest BCUT2D eigenvalue weighted by atomic mass is 10.6. The number of ether oxygens (including phenoxy) is 1. The van der Waals surface area contributed by atoms with Gasteiger partial charge in [-0.15, -0.1) is 0 Å². The van der Waals surface area contributed by atoms with Crippen molar-refractivity contribution >= 4 is 5.91 Å². The molecule has 0 aromatic carbocycles. The van der Waals surface area contributed by atoms with E-state index in [4.69, 9.17) is 9.84 Å². The Bertz CT molecular complexity index is 132. The maximum absolute atomic E-state index is 10.9. The molecule has 0 fully saturated rings. The van der Waals surface area contributed by atoms with Crippen molar-refractivity contribution in [2.24, 2.45) is 0 Å². The minimum atomic E-state index is -0.207. The van der Waals surface area contributed by atoms with E-state index >= 15 is 0 Å². The van der Waals surface area contributed by atoms with Gasteiger partial charge in [-0.25, -0.2) is 5.48 Å². The first-order chi connectivity index (χ1) is 6.31. The van der Waals surface area contributed by atoms with Crippen LogP contribution >= 0.6 is 0 Å². The van der Waals surface area contributed by atoms with E-state index in [0.717, 1.165) is 0 Å². The topological polar surface area (TPSA) is 79.8 Å². The van der Waals surface area contributed by atoms with Crippen LogP contribution in [0, 0.1) is 0 Å². The highest BCUT2D eigenvalue weighted by molar-refractivity contribution is 5.77. The first-order valence-electron chi connectivity index (χ1n) is 4.05. The third-order valence-corrected chi connectivity index (χ3v) is 1.15. The number of hydrogen-bond donors (Lipinski definition) is 3. The Labute approximate surface area is 77.2 Å². The molecular weight excluding hydrogens is 176 g/mol. The lowest BCUT2D eigenvalue weighted by molar-refractivity contribution is -0.128. The van der Waals surface area contributed by atoms with Crippen molar-refractivity contribution in [3.63, 3.8) is 0 Å². The van der Waals surface area contributed by atoms with Gasteiger partial charge in [0.1, 0.15) is 6.61 Å². The largest absolute Gasteiger partial charge is 0.394 e. The van der Waals surface area contributed by atoms with E-state index in [2.05, 4.69) is 15.6 Å². The van der Waals surface area contributed by atoms with Crippen LogP contribution in [0.5, 0.6) is 0 Å². The first-order valence-corrected chi connectivity index (χ1v) is 4.05. The van der Waals surface area contributed by atoms with Crippen molar-refractivity contribution < 1.29 is 19.5 Å². The van der Waals surface area contributed by atoms with Gasteiger partial charge in [0.2, 0.25) is 5.91 Å². The smallest absolute Gasteiger partial charge is 0.248 e. The molecule has 0 unspecified atom stereocenters. The second kappa shape index (κ2) is 9.40.